The maximum absolute atomic E-state index is 9.80. The smallest absolute Gasteiger partial charge is 0.128 e. The lowest BCUT2D eigenvalue weighted by Gasteiger charge is -2.13. The number of ether oxygens (including phenoxy) is 5. The van der Waals surface area contributed by atoms with Gasteiger partial charge in [0.05, 0.1) is 55.8 Å². The highest BCUT2D eigenvalue weighted by Crippen LogP contribution is 2.35. The van der Waals surface area contributed by atoms with Crippen molar-refractivity contribution >= 4 is 22.8 Å². The van der Waals surface area contributed by atoms with Crippen molar-refractivity contribution in [3.8, 4) is 23.0 Å². The van der Waals surface area contributed by atoms with Gasteiger partial charge in [0.15, 0.2) is 0 Å². The topological polar surface area (TPSA) is 94.3 Å². The standard InChI is InChI=1S/C39H43N3O6/c1-42(2)16-7-17-46-31-13-15-35-29(25-31)27-37(41-35)33-9-4-6-11-39(33)48-23-21-45-19-18-44-20-22-47-38-10-5-3-8-32(38)36-26-28-24-30(43)12-14-34(28)40-36/h3-6,8-15,24-25,43H,7,16-23,26-27H2,1-2H3. The first-order chi connectivity index (χ1) is 23.5. The molecule has 0 aliphatic carbocycles. The van der Waals surface area contributed by atoms with Gasteiger partial charge in [0, 0.05) is 30.5 Å². The van der Waals surface area contributed by atoms with Crippen molar-refractivity contribution in [2.24, 2.45) is 9.98 Å². The molecule has 0 unspecified atom stereocenters. The van der Waals surface area contributed by atoms with Gasteiger partial charge in [-0.15, -0.1) is 0 Å². The maximum atomic E-state index is 9.80. The number of benzene rings is 4. The molecule has 9 heteroatoms. The van der Waals surface area contributed by atoms with Crippen molar-refractivity contribution in [2.75, 3.05) is 66.9 Å². The third-order valence-electron chi connectivity index (χ3n) is 8.10. The van der Waals surface area contributed by atoms with Gasteiger partial charge in [-0.05, 0) is 92.3 Å². The highest BCUT2D eigenvalue weighted by Gasteiger charge is 2.21. The summed E-state index contributed by atoms with van der Waals surface area (Å²) in [6, 6.07) is 27.3. The summed E-state index contributed by atoms with van der Waals surface area (Å²) in [6.45, 7) is 4.35. The number of hydrogen-bond acceptors (Lipinski definition) is 9. The molecule has 0 radical (unpaired) electrons. The summed E-state index contributed by atoms with van der Waals surface area (Å²) in [6.07, 6.45) is 2.38. The van der Waals surface area contributed by atoms with Gasteiger partial charge in [0.1, 0.15) is 36.2 Å². The summed E-state index contributed by atoms with van der Waals surface area (Å²) in [5.74, 6) is 2.70. The summed E-state index contributed by atoms with van der Waals surface area (Å²) < 4.78 is 29.6. The van der Waals surface area contributed by atoms with E-state index in [2.05, 4.69) is 31.1 Å². The van der Waals surface area contributed by atoms with E-state index < -0.39 is 0 Å². The molecule has 6 rings (SSSR count). The minimum absolute atomic E-state index is 0.252. The number of fused-ring (bicyclic) bond motifs is 2. The van der Waals surface area contributed by atoms with Crippen LogP contribution < -0.4 is 14.2 Å². The Morgan fingerprint density at radius 2 is 1.15 bits per heavy atom. The molecule has 0 saturated carbocycles. The first-order valence-corrected chi connectivity index (χ1v) is 16.5. The second-order valence-corrected chi connectivity index (χ2v) is 12.0. The second kappa shape index (κ2) is 16.4. The van der Waals surface area contributed by atoms with Crippen LogP contribution in [0, 0.1) is 0 Å². The van der Waals surface area contributed by atoms with Gasteiger partial charge >= 0.3 is 0 Å². The van der Waals surface area contributed by atoms with Crippen LogP contribution in [0.15, 0.2) is 94.9 Å². The Hall–Kier alpha value is -4.70. The van der Waals surface area contributed by atoms with Crippen LogP contribution >= 0.6 is 0 Å². The van der Waals surface area contributed by atoms with E-state index in [4.69, 9.17) is 33.7 Å². The molecule has 4 aromatic rings. The van der Waals surface area contributed by atoms with E-state index in [9.17, 15) is 5.11 Å². The fourth-order valence-electron chi connectivity index (χ4n) is 5.74. The molecule has 0 spiro atoms. The number of hydrogen-bond donors (Lipinski definition) is 1. The number of para-hydroxylation sites is 2. The van der Waals surface area contributed by atoms with Gasteiger partial charge in [-0.2, -0.15) is 0 Å². The van der Waals surface area contributed by atoms with Gasteiger partial charge in [-0.1, -0.05) is 24.3 Å². The Kier molecular flexibility index (Phi) is 11.4. The largest absolute Gasteiger partial charge is 0.508 e. The average molecular weight is 650 g/mol. The second-order valence-electron chi connectivity index (χ2n) is 12.0. The van der Waals surface area contributed by atoms with E-state index in [1.807, 2.05) is 60.7 Å². The maximum Gasteiger partial charge on any atom is 0.128 e. The summed E-state index contributed by atoms with van der Waals surface area (Å²) in [7, 11) is 4.14. The van der Waals surface area contributed by atoms with Crippen LogP contribution in [0.2, 0.25) is 0 Å². The van der Waals surface area contributed by atoms with Crippen molar-refractivity contribution in [3.63, 3.8) is 0 Å². The highest BCUT2D eigenvalue weighted by molar-refractivity contribution is 6.09. The predicted octanol–water partition coefficient (Wildman–Crippen LogP) is 6.57. The summed E-state index contributed by atoms with van der Waals surface area (Å²) in [4.78, 5) is 11.8. The minimum atomic E-state index is 0.252. The van der Waals surface area contributed by atoms with E-state index in [0.29, 0.717) is 52.7 Å². The predicted molar refractivity (Wildman–Crippen MR) is 189 cm³/mol. The molecule has 4 aromatic carbocycles. The van der Waals surface area contributed by atoms with Crippen LogP contribution in [-0.4, -0.2) is 88.3 Å². The van der Waals surface area contributed by atoms with E-state index in [0.717, 1.165) is 76.1 Å². The lowest BCUT2D eigenvalue weighted by molar-refractivity contribution is 0.0273. The van der Waals surface area contributed by atoms with E-state index in [1.54, 1.807) is 12.1 Å². The van der Waals surface area contributed by atoms with Crippen LogP contribution in [0.5, 0.6) is 23.0 Å². The van der Waals surface area contributed by atoms with Gasteiger partial charge < -0.3 is 33.7 Å². The Balaban J connectivity index is 0.875. The number of nitrogens with zero attached hydrogens (tertiary/aromatic N) is 3. The van der Waals surface area contributed by atoms with Crippen molar-refractivity contribution in [1.82, 2.24) is 4.90 Å². The van der Waals surface area contributed by atoms with E-state index >= 15 is 0 Å². The molecule has 0 atom stereocenters. The molecule has 2 aliphatic rings. The number of rotatable bonds is 18. The average Bonchev–Trinajstić information content (AvgIpc) is 3.71. The van der Waals surface area contributed by atoms with Crippen LogP contribution in [0.3, 0.4) is 0 Å². The summed E-state index contributed by atoms with van der Waals surface area (Å²) in [5.41, 5.74) is 7.91. The number of phenols is 1. The first-order valence-electron chi connectivity index (χ1n) is 16.5. The Morgan fingerprint density at radius 1 is 0.604 bits per heavy atom. The molecule has 2 aliphatic heterocycles. The van der Waals surface area contributed by atoms with Crippen molar-refractivity contribution in [3.05, 3.63) is 107 Å². The molecule has 0 saturated heterocycles. The molecule has 0 aromatic heterocycles. The third-order valence-corrected chi connectivity index (χ3v) is 8.10. The van der Waals surface area contributed by atoms with Gasteiger partial charge in [0.2, 0.25) is 0 Å². The fraction of sp³-hybridized carbons (Fsp3) is 0.333. The molecule has 2 heterocycles. The molecule has 0 fully saturated rings. The molecule has 250 valence electrons. The normalized spacial score (nSPS) is 13.2. The lowest BCUT2D eigenvalue weighted by atomic mass is 10.0. The van der Waals surface area contributed by atoms with Gasteiger partial charge in [-0.25, -0.2) is 0 Å². The van der Waals surface area contributed by atoms with Crippen molar-refractivity contribution in [2.45, 2.75) is 19.3 Å². The Morgan fingerprint density at radius 3 is 1.75 bits per heavy atom. The molecule has 0 bridgehead atoms. The molecular formula is C39H43N3O6. The monoisotopic (exact) mass is 649 g/mol. The van der Waals surface area contributed by atoms with Crippen LogP contribution in [0.1, 0.15) is 28.7 Å². The summed E-state index contributed by atoms with van der Waals surface area (Å²) >= 11 is 0. The SMILES string of the molecule is CN(C)CCCOc1ccc2c(c1)CC(c1ccccc1OCCOCCOCCOc1ccccc1C1=Nc3ccc(O)cc3C1)=N2. The third kappa shape index (κ3) is 8.80. The van der Waals surface area contributed by atoms with E-state index in [1.165, 1.54) is 5.56 Å². The summed E-state index contributed by atoms with van der Waals surface area (Å²) in [5, 5.41) is 9.80. The zero-order valence-electron chi connectivity index (χ0n) is 27.7. The van der Waals surface area contributed by atoms with Crippen LogP contribution in [0.25, 0.3) is 0 Å². The zero-order chi connectivity index (χ0) is 33.1. The first kappa shape index (κ1) is 33.2. The van der Waals surface area contributed by atoms with Crippen LogP contribution in [-0.2, 0) is 22.3 Å². The molecule has 9 nitrogen and oxygen atoms in total. The van der Waals surface area contributed by atoms with E-state index in [-0.39, 0.29) is 5.75 Å². The van der Waals surface area contributed by atoms with Crippen molar-refractivity contribution in [1.29, 1.82) is 0 Å². The highest BCUT2D eigenvalue weighted by atomic mass is 16.6. The van der Waals surface area contributed by atoms with Crippen LogP contribution in [0.4, 0.5) is 11.4 Å². The lowest BCUT2D eigenvalue weighted by Crippen LogP contribution is -2.15. The van der Waals surface area contributed by atoms with Gasteiger partial charge in [-0.3, -0.25) is 9.98 Å². The van der Waals surface area contributed by atoms with Gasteiger partial charge in [0.25, 0.3) is 0 Å². The molecule has 0 amide bonds. The fourth-order valence-corrected chi connectivity index (χ4v) is 5.74. The number of phenolic OH excluding ortho intramolecular Hbond substituents is 1. The zero-order valence-corrected chi connectivity index (χ0v) is 27.7. The Labute approximate surface area is 282 Å². The Bertz CT molecular complexity index is 1750. The van der Waals surface area contributed by atoms with Crippen molar-refractivity contribution < 1.29 is 28.8 Å². The number of aromatic hydroxyl groups is 1. The molecule has 1 N–H and O–H groups in total. The minimum Gasteiger partial charge on any atom is -0.508 e. The number of aliphatic imine (C=N–C) groups is 2. The molecular weight excluding hydrogens is 606 g/mol. The quantitative estimate of drug-likeness (QED) is 0.122. The molecule has 48 heavy (non-hydrogen) atoms.